The second kappa shape index (κ2) is 8.31. The van der Waals surface area contributed by atoms with Crippen LogP contribution in [0.25, 0.3) is 11.5 Å². The number of halogens is 3. The van der Waals surface area contributed by atoms with Crippen LogP contribution in [0.4, 0.5) is 24.7 Å². The maximum Gasteiger partial charge on any atom is 0.452 e. The number of nitrogens with one attached hydrogen (secondary N) is 2. The molecular weight excluding hydrogens is 389 g/mol. The highest BCUT2D eigenvalue weighted by Gasteiger charge is 2.42. The molecule has 0 bridgehead atoms. The Morgan fingerprint density at radius 1 is 1.21 bits per heavy atom. The van der Waals surface area contributed by atoms with Crippen LogP contribution < -0.4 is 10.6 Å². The van der Waals surface area contributed by atoms with Crippen molar-refractivity contribution in [2.24, 2.45) is 0 Å². The number of pyridine rings is 1. The van der Waals surface area contributed by atoms with Gasteiger partial charge in [0, 0.05) is 11.6 Å². The molecule has 1 atom stereocenters. The summed E-state index contributed by atoms with van der Waals surface area (Å²) >= 11 is 0. The van der Waals surface area contributed by atoms with E-state index in [0.717, 1.165) is 0 Å². The summed E-state index contributed by atoms with van der Waals surface area (Å²) in [6.07, 6.45) is -3.62. The molecule has 0 aliphatic heterocycles. The maximum absolute atomic E-state index is 13.3. The molecule has 0 aliphatic rings. The Bertz CT molecular complexity index is 973. The van der Waals surface area contributed by atoms with Crippen LogP contribution in [0.15, 0.2) is 53.1 Å². The van der Waals surface area contributed by atoms with Gasteiger partial charge in [-0.05, 0) is 31.2 Å². The number of carbonyl (C=O) groups excluding carboxylic acids is 1. The Kier molecular flexibility index (Phi) is 5.83. The molecule has 0 saturated carbocycles. The number of benzene rings is 1. The smallest absolute Gasteiger partial charge is 0.431 e. The lowest BCUT2D eigenvalue weighted by atomic mass is 10.2. The predicted octanol–water partition coefficient (Wildman–Crippen LogP) is 3.80. The molecule has 1 unspecified atom stereocenters. The first-order valence-electron chi connectivity index (χ1n) is 8.56. The predicted molar refractivity (Wildman–Crippen MR) is 99.3 cm³/mol. The average Bonchev–Trinajstić information content (AvgIpc) is 3.16. The third-order valence-corrected chi connectivity index (χ3v) is 3.81. The molecule has 29 heavy (non-hydrogen) atoms. The van der Waals surface area contributed by atoms with E-state index in [0.29, 0.717) is 11.4 Å². The summed E-state index contributed by atoms with van der Waals surface area (Å²) in [6.45, 7) is 1.64. The number of rotatable bonds is 6. The van der Waals surface area contributed by atoms with Crippen LogP contribution in [0.2, 0.25) is 0 Å². The van der Waals surface area contributed by atoms with Crippen molar-refractivity contribution in [3.63, 3.8) is 0 Å². The van der Waals surface area contributed by atoms with Gasteiger partial charge in [0.25, 0.3) is 5.91 Å². The minimum Gasteiger partial charge on any atom is -0.431 e. The SMILES string of the molecule is CC(CO)Nc1ccc(NC(=O)c2nc(-c3ccccc3)oc2C(F)(F)F)cn1. The molecule has 0 aliphatic carbocycles. The number of carbonyl (C=O) groups is 1. The number of amides is 1. The van der Waals surface area contributed by atoms with Crippen LogP contribution in [0.1, 0.15) is 23.2 Å². The Morgan fingerprint density at radius 3 is 2.52 bits per heavy atom. The summed E-state index contributed by atoms with van der Waals surface area (Å²) in [5, 5.41) is 14.2. The third-order valence-electron chi connectivity index (χ3n) is 3.81. The molecule has 3 N–H and O–H groups in total. The first-order valence-corrected chi connectivity index (χ1v) is 8.56. The van der Waals surface area contributed by atoms with Gasteiger partial charge in [0.15, 0.2) is 5.69 Å². The number of hydrogen-bond acceptors (Lipinski definition) is 6. The Balaban J connectivity index is 1.84. The Labute approximate surface area is 163 Å². The van der Waals surface area contributed by atoms with Crippen molar-refractivity contribution in [2.75, 3.05) is 17.2 Å². The molecule has 2 aromatic heterocycles. The van der Waals surface area contributed by atoms with E-state index in [2.05, 4.69) is 20.6 Å². The standard InChI is InChI=1S/C19H17F3N4O3/c1-11(10-27)24-14-8-7-13(9-23-14)25-17(28)15-16(19(20,21)22)29-18(26-15)12-5-3-2-4-6-12/h2-9,11,27H,10H2,1H3,(H,23,24)(H,25,28). The zero-order valence-corrected chi connectivity index (χ0v) is 15.2. The fourth-order valence-electron chi connectivity index (χ4n) is 2.41. The fourth-order valence-corrected chi connectivity index (χ4v) is 2.41. The molecule has 1 amide bonds. The van der Waals surface area contributed by atoms with E-state index < -0.39 is 23.5 Å². The zero-order valence-electron chi connectivity index (χ0n) is 15.2. The van der Waals surface area contributed by atoms with E-state index in [4.69, 9.17) is 9.52 Å². The topological polar surface area (TPSA) is 100 Å². The second-order valence-corrected chi connectivity index (χ2v) is 6.17. The monoisotopic (exact) mass is 406 g/mol. The first-order chi connectivity index (χ1) is 13.8. The minimum atomic E-state index is -4.89. The molecule has 0 spiro atoms. The number of nitrogens with zero attached hydrogens (tertiary/aromatic N) is 2. The van der Waals surface area contributed by atoms with Gasteiger partial charge in [-0.2, -0.15) is 13.2 Å². The largest absolute Gasteiger partial charge is 0.452 e. The van der Waals surface area contributed by atoms with Gasteiger partial charge in [-0.15, -0.1) is 0 Å². The zero-order chi connectivity index (χ0) is 21.0. The van der Waals surface area contributed by atoms with Crippen LogP contribution >= 0.6 is 0 Å². The molecular formula is C19H17F3N4O3. The van der Waals surface area contributed by atoms with Crippen LogP contribution in [-0.4, -0.2) is 33.6 Å². The molecule has 7 nitrogen and oxygen atoms in total. The first kappa shape index (κ1) is 20.3. The fraction of sp³-hybridized carbons (Fsp3) is 0.211. The molecule has 0 radical (unpaired) electrons. The van der Waals surface area contributed by atoms with Crippen molar-refractivity contribution in [3.8, 4) is 11.5 Å². The van der Waals surface area contributed by atoms with Gasteiger partial charge in [-0.3, -0.25) is 4.79 Å². The molecule has 152 valence electrons. The van der Waals surface area contributed by atoms with Gasteiger partial charge >= 0.3 is 6.18 Å². The lowest BCUT2D eigenvalue weighted by Gasteiger charge is -2.11. The average molecular weight is 406 g/mol. The van der Waals surface area contributed by atoms with Crippen LogP contribution in [0, 0.1) is 0 Å². The number of oxazole rings is 1. The normalized spacial score (nSPS) is 12.4. The van der Waals surface area contributed by atoms with Gasteiger partial charge in [0.1, 0.15) is 5.82 Å². The van der Waals surface area contributed by atoms with E-state index in [1.165, 1.54) is 30.5 Å². The lowest BCUT2D eigenvalue weighted by molar-refractivity contribution is -0.153. The van der Waals surface area contributed by atoms with Crippen molar-refractivity contribution in [1.82, 2.24) is 9.97 Å². The van der Waals surface area contributed by atoms with Gasteiger partial charge < -0.3 is 20.2 Å². The van der Waals surface area contributed by atoms with E-state index >= 15 is 0 Å². The highest BCUT2D eigenvalue weighted by molar-refractivity contribution is 6.04. The highest BCUT2D eigenvalue weighted by atomic mass is 19.4. The van der Waals surface area contributed by atoms with Gasteiger partial charge in [-0.25, -0.2) is 9.97 Å². The molecule has 3 rings (SSSR count). The second-order valence-electron chi connectivity index (χ2n) is 6.17. The van der Waals surface area contributed by atoms with Crippen molar-refractivity contribution in [3.05, 3.63) is 60.1 Å². The summed E-state index contributed by atoms with van der Waals surface area (Å²) < 4.78 is 44.8. The van der Waals surface area contributed by atoms with E-state index in [1.54, 1.807) is 25.1 Å². The van der Waals surface area contributed by atoms with E-state index in [-0.39, 0.29) is 24.2 Å². The van der Waals surface area contributed by atoms with Crippen molar-refractivity contribution in [1.29, 1.82) is 0 Å². The summed E-state index contributed by atoms with van der Waals surface area (Å²) in [4.78, 5) is 20.2. The number of anilines is 2. The molecule has 3 aromatic rings. The molecule has 2 heterocycles. The molecule has 0 fully saturated rings. The van der Waals surface area contributed by atoms with Crippen molar-refractivity contribution in [2.45, 2.75) is 19.1 Å². The minimum absolute atomic E-state index is 0.101. The van der Waals surface area contributed by atoms with E-state index in [1.807, 2.05) is 0 Å². The van der Waals surface area contributed by atoms with Crippen molar-refractivity contribution < 1.29 is 27.5 Å². The molecule has 0 saturated heterocycles. The maximum atomic E-state index is 13.3. The van der Waals surface area contributed by atoms with Crippen molar-refractivity contribution >= 4 is 17.4 Å². The molecule has 10 heteroatoms. The van der Waals surface area contributed by atoms with Crippen LogP contribution in [0.5, 0.6) is 0 Å². The number of aliphatic hydroxyl groups is 1. The van der Waals surface area contributed by atoms with Gasteiger partial charge in [-0.1, -0.05) is 18.2 Å². The summed E-state index contributed by atoms with van der Waals surface area (Å²) in [6, 6.07) is 10.7. The number of alkyl halides is 3. The number of aliphatic hydroxyl groups excluding tert-OH is 1. The summed E-state index contributed by atoms with van der Waals surface area (Å²) in [5.74, 6) is -2.42. The molecule has 1 aromatic carbocycles. The van der Waals surface area contributed by atoms with Crippen LogP contribution in [0.3, 0.4) is 0 Å². The third kappa shape index (κ3) is 4.91. The van der Waals surface area contributed by atoms with Gasteiger partial charge in [0.2, 0.25) is 11.7 Å². The number of aromatic nitrogens is 2. The lowest BCUT2D eigenvalue weighted by Crippen LogP contribution is -2.20. The summed E-state index contributed by atoms with van der Waals surface area (Å²) in [5.41, 5.74) is -0.380. The highest BCUT2D eigenvalue weighted by Crippen LogP contribution is 2.35. The number of hydrogen-bond donors (Lipinski definition) is 3. The van der Waals surface area contributed by atoms with Crippen LogP contribution in [-0.2, 0) is 6.18 Å². The Hall–Kier alpha value is -3.40. The summed E-state index contributed by atoms with van der Waals surface area (Å²) in [7, 11) is 0. The Morgan fingerprint density at radius 2 is 1.93 bits per heavy atom. The van der Waals surface area contributed by atoms with Gasteiger partial charge in [0.05, 0.1) is 18.5 Å². The van der Waals surface area contributed by atoms with E-state index in [9.17, 15) is 18.0 Å². The quantitative estimate of drug-likeness (QED) is 0.576.